The Morgan fingerprint density at radius 3 is 2.29 bits per heavy atom. The summed E-state index contributed by atoms with van der Waals surface area (Å²) in [4.78, 5) is 22.0. The first-order valence-electron chi connectivity index (χ1n) is 5.32. The molecule has 5 nitrogen and oxygen atoms in total. The molecule has 17 heavy (non-hydrogen) atoms. The molecule has 0 aliphatic carbocycles. The molecule has 0 radical (unpaired) electrons. The van der Waals surface area contributed by atoms with Crippen LogP contribution >= 0.6 is 23.5 Å². The van der Waals surface area contributed by atoms with Gasteiger partial charge in [-0.25, -0.2) is 0 Å². The van der Waals surface area contributed by atoms with Crippen LogP contribution in [-0.4, -0.2) is 52.5 Å². The van der Waals surface area contributed by atoms with Gasteiger partial charge in [0.2, 0.25) is 0 Å². The lowest BCUT2D eigenvalue weighted by Crippen LogP contribution is -2.33. The Kier molecular flexibility index (Phi) is 9.62. The largest absolute Gasteiger partial charge is 0.480 e. The fourth-order valence-electron chi connectivity index (χ4n) is 1.02. The number of rotatable bonds is 10. The van der Waals surface area contributed by atoms with E-state index in [-0.39, 0.29) is 5.78 Å². The molecule has 0 amide bonds. The Hall–Kier alpha value is -0.240. The van der Waals surface area contributed by atoms with Gasteiger partial charge in [-0.3, -0.25) is 9.59 Å². The summed E-state index contributed by atoms with van der Waals surface area (Å²) in [5.74, 6) is 0.791. The van der Waals surface area contributed by atoms with Gasteiger partial charge in [0.05, 0.1) is 11.8 Å². The van der Waals surface area contributed by atoms with Gasteiger partial charge in [-0.1, -0.05) is 0 Å². The molecule has 0 fully saturated rings. The molecular weight excluding hydrogens is 260 g/mol. The van der Waals surface area contributed by atoms with E-state index in [4.69, 9.17) is 16.6 Å². The number of aliphatic carboxylic acids is 1. The summed E-state index contributed by atoms with van der Waals surface area (Å²) in [6.07, 6.45) is 3.03. The van der Waals surface area contributed by atoms with Crippen LogP contribution < -0.4 is 11.5 Å². The molecule has 0 rings (SSSR count). The van der Waals surface area contributed by atoms with Crippen LogP contribution in [0.5, 0.6) is 0 Å². The van der Waals surface area contributed by atoms with Crippen LogP contribution in [-0.2, 0) is 9.59 Å². The van der Waals surface area contributed by atoms with Crippen molar-refractivity contribution in [2.75, 3.05) is 23.5 Å². The lowest BCUT2D eigenvalue weighted by Gasteiger charge is -2.10. The van der Waals surface area contributed by atoms with Crippen molar-refractivity contribution < 1.29 is 14.7 Å². The minimum Gasteiger partial charge on any atom is -0.480 e. The van der Waals surface area contributed by atoms with Gasteiger partial charge >= 0.3 is 5.97 Å². The van der Waals surface area contributed by atoms with Gasteiger partial charge < -0.3 is 16.6 Å². The molecule has 0 heterocycles. The summed E-state index contributed by atoms with van der Waals surface area (Å²) in [5.41, 5.74) is 11.0. The Balaban J connectivity index is 3.60. The van der Waals surface area contributed by atoms with Crippen LogP contribution in [0.3, 0.4) is 0 Å². The molecule has 0 saturated heterocycles. The van der Waals surface area contributed by atoms with E-state index >= 15 is 0 Å². The summed E-state index contributed by atoms with van der Waals surface area (Å²) < 4.78 is 0. The highest BCUT2D eigenvalue weighted by Crippen LogP contribution is 2.07. The second-order valence-electron chi connectivity index (χ2n) is 3.64. The average Bonchev–Trinajstić information content (AvgIpc) is 2.30. The van der Waals surface area contributed by atoms with E-state index in [0.29, 0.717) is 24.3 Å². The van der Waals surface area contributed by atoms with Crippen LogP contribution in [0.25, 0.3) is 0 Å². The van der Waals surface area contributed by atoms with Crippen LogP contribution in [0.1, 0.15) is 12.8 Å². The number of Topliss-reactive ketones (excluding diaryl/α,β-unsaturated/α-hetero) is 1. The maximum absolute atomic E-state index is 11.5. The Morgan fingerprint density at radius 1 is 1.18 bits per heavy atom. The summed E-state index contributed by atoms with van der Waals surface area (Å²) in [6, 6.07) is -1.24. The first kappa shape index (κ1) is 16.8. The van der Waals surface area contributed by atoms with Gasteiger partial charge in [-0.2, -0.15) is 23.5 Å². The van der Waals surface area contributed by atoms with Gasteiger partial charge in [0.1, 0.15) is 6.04 Å². The normalized spacial score (nSPS) is 14.3. The Labute approximate surface area is 110 Å². The fourth-order valence-corrected chi connectivity index (χ4v) is 2.49. The van der Waals surface area contributed by atoms with Crippen molar-refractivity contribution in [3.8, 4) is 0 Å². The van der Waals surface area contributed by atoms with Crippen LogP contribution in [0.15, 0.2) is 0 Å². The number of carboxylic acids is 1. The summed E-state index contributed by atoms with van der Waals surface area (Å²) in [6.45, 7) is 0. The molecule has 0 saturated carbocycles. The van der Waals surface area contributed by atoms with Gasteiger partial charge in [-0.15, -0.1) is 0 Å². The smallest absolute Gasteiger partial charge is 0.320 e. The van der Waals surface area contributed by atoms with Crippen molar-refractivity contribution in [1.82, 2.24) is 0 Å². The predicted molar refractivity (Wildman–Crippen MR) is 73.5 cm³/mol. The SMILES string of the molecule is CSCCC(N)C(=O)CSCC[C@H](N)C(=O)O. The molecule has 1 unspecified atom stereocenters. The maximum atomic E-state index is 11.5. The molecule has 7 heteroatoms. The molecule has 0 bridgehead atoms. The van der Waals surface area contributed by atoms with E-state index in [9.17, 15) is 9.59 Å². The number of carbonyl (C=O) groups excluding carboxylic acids is 1. The van der Waals surface area contributed by atoms with Crippen molar-refractivity contribution in [3.63, 3.8) is 0 Å². The Bertz CT molecular complexity index is 252. The zero-order valence-corrected chi connectivity index (χ0v) is 11.6. The van der Waals surface area contributed by atoms with E-state index in [1.807, 2.05) is 6.26 Å². The van der Waals surface area contributed by atoms with Crippen LogP contribution in [0.4, 0.5) is 0 Å². The molecular formula is C10H20N2O3S2. The lowest BCUT2D eigenvalue weighted by atomic mass is 10.2. The minimum atomic E-state index is -1.01. The first-order valence-corrected chi connectivity index (χ1v) is 7.87. The van der Waals surface area contributed by atoms with Gasteiger partial charge in [0, 0.05) is 0 Å². The summed E-state index contributed by atoms with van der Waals surface area (Å²) >= 11 is 3.05. The van der Waals surface area contributed by atoms with E-state index in [0.717, 1.165) is 5.75 Å². The van der Waals surface area contributed by atoms with Gasteiger partial charge in [0.25, 0.3) is 0 Å². The fraction of sp³-hybridized carbons (Fsp3) is 0.800. The second kappa shape index (κ2) is 9.76. The topological polar surface area (TPSA) is 106 Å². The third-order valence-electron chi connectivity index (χ3n) is 2.18. The second-order valence-corrected chi connectivity index (χ2v) is 5.73. The monoisotopic (exact) mass is 280 g/mol. The number of hydrogen-bond acceptors (Lipinski definition) is 6. The Morgan fingerprint density at radius 2 is 1.76 bits per heavy atom. The summed E-state index contributed by atoms with van der Waals surface area (Å²) in [5, 5.41) is 8.55. The molecule has 0 aliphatic rings. The third-order valence-corrected chi connectivity index (χ3v) is 3.84. The highest BCUT2D eigenvalue weighted by molar-refractivity contribution is 8.00. The van der Waals surface area contributed by atoms with Crippen molar-refractivity contribution in [3.05, 3.63) is 0 Å². The predicted octanol–water partition coefficient (Wildman–Crippen LogP) is 0.171. The third kappa shape index (κ3) is 8.48. The zero-order valence-electron chi connectivity index (χ0n) is 9.93. The van der Waals surface area contributed by atoms with Crippen molar-refractivity contribution in [1.29, 1.82) is 0 Å². The zero-order chi connectivity index (χ0) is 13.3. The van der Waals surface area contributed by atoms with Gasteiger partial charge in [-0.05, 0) is 30.6 Å². The number of ketones is 1. The molecule has 0 aliphatic heterocycles. The quantitative estimate of drug-likeness (QED) is 0.490. The van der Waals surface area contributed by atoms with Crippen LogP contribution in [0, 0.1) is 0 Å². The molecule has 5 N–H and O–H groups in total. The van der Waals surface area contributed by atoms with Crippen molar-refractivity contribution >= 4 is 35.3 Å². The number of nitrogens with two attached hydrogens (primary N) is 2. The minimum absolute atomic E-state index is 0.0212. The molecule has 2 atom stereocenters. The van der Waals surface area contributed by atoms with Gasteiger partial charge in [0.15, 0.2) is 5.78 Å². The molecule has 0 aromatic heterocycles. The van der Waals surface area contributed by atoms with E-state index in [1.165, 1.54) is 11.8 Å². The number of hydrogen-bond donors (Lipinski definition) is 3. The summed E-state index contributed by atoms with van der Waals surface area (Å²) in [7, 11) is 0. The molecule has 100 valence electrons. The van der Waals surface area contributed by atoms with E-state index < -0.39 is 18.1 Å². The van der Waals surface area contributed by atoms with Crippen LogP contribution in [0.2, 0.25) is 0 Å². The first-order chi connectivity index (χ1) is 7.99. The molecule has 0 aromatic carbocycles. The van der Waals surface area contributed by atoms with Crippen molar-refractivity contribution in [2.24, 2.45) is 11.5 Å². The van der Waals surface area contributed by atoms with E-state index in [1.54, 1.807) is 11.8 Å². The molecule has 0 spiro atoms. The number of carbonyl (C=O) groups is 2. The number of carboxylic acid groups (broad SMARTS) is 1. The lowest BCUT2D eigenvalue weighted by molar-refractivity contribution is -0.138. The maximum Gasteiger partial charge on any atom is 0.320 e. The highest BCUT2D eigenvalue weighted by atomic mass is 32.2. The van der Waals surface area contributed by atoms with E-state index in [2.05, 4.69) is 0 Å². The highest BCUT2D eigenvalue weighted by Gasteiger charge is 2.14. The molecule has 0 aromatic rings. The van der Waals surface area contributed by atoms with Crippen molar-refractivity contribution in [2.45, 2.75) is 24.9 Å². The average molecular weight is 280 g/mol. The standard InChI is InChI=1S/C10H20N2O3S2/c1-16-4-2-7(11)9(13)6-17-5-3-8(12)10(14)15/h7-8H,2-6,11-12H2,1H3,(H,14,15)/t7?,8-/m0/s1. The number of thioether (sulfide) groups is 2.